The van der Waals surface area contributed by atoms with E-state index in [0.29, 0.717) is 23.5 Å². The van der Waals surface area contributed by atoms with Crippen LogP contribution in [0.3, 0.4) is 0 Å². The van der Waals surface area contributed by atoms with E-state index in [9.17, 15) is 9.90 Å². The van der Waals surface area contributed by atoms with Crippen molar-refractivity contribution in [2.75, 3.05) is 20.8 Å². The molecule has 0 saturated carbocycles. The van der Waals surface area contributed by atoms with Crippen molar-refractivity contribution in [2.45, 2.75) is 25.4 Å². The van der Waals surface area contributed by atoms with E-state index in [4.69, 9.17) is 9.47 Å². The fraction of sp³-hybridized carbons (Fsp3) is 0.350. The SMILES string of the molecule is COc1cc(OC)cc(C(=O)NCC(C)(O)CCc2ccccc2)c1. The summed E-state index contributed by atoms with van der Waals surface area (Å²) in [6, 6.07) is 14.9. The van der Waals surface area contributed by atoms with Crippen LogP contribution in [-0.4, -0.2) is 37.4 Å². The van der Waals surface area contributed by atoms with Gasteiger partial charge in [0.25, 0.3) is 5.91 Å². The smallest absolute Gasteiger partial charge is 0.251 e. The van der Waals surface area contributed by atoms with E-state index in [0.717, 1.165) is 12.0 Å². The van der Waals surface area contributed by atoms with Gasteiger partial charge in [0.2, 0.25) is 0 Å². The largest absolute Gasteiger partial charge is 0.497 e. The number of nitrogens with one attached hydrogen (secondary N) is 1. The van der Waals surface area contributed by atoms with Crippen LogP contribution in [0, 0.1) is 0 Å². The third kappa shape index (κ3) is 5.80. The number of aryl methyl sites for hydroxylation is 1. The van der Waals surface area contributed by atoms with E-state index in [1.54, 1.807) is 25.1 Å². The molecule has 2 aromatic rings. The molecular formula is C20H25NO4. The van der Waals surface area contributed by atoms with Crippen LogP contribution in [0.5, 0.6) is 11.5 Å². The molecule has 2 N–H and O–H groups in total. The summed E-state index contributed by atoms with van der Waals surface area (Å²) in [6.45, 7) is 1.89. The molecule has 0 aliphatic rings. The lowest BCUT2D eigenvalue weighted by molar-refractivity contribution is 0.0478. The monoisotopic (exact) mass is 343 g/mol. The molecule has 0 heterocycles. The number of rotatable bonds is 8. The lowest BCUT2D eigenvalue weighted by Crippen LogP contribution is -2.41. The average molecular weight is 343 g/mol. The Labute approximate surface area is 148 Å². The van der Waals surface area contributed by atoms with Crippen LogP contribution in [0.1, 0.15) is 29.3 Å². The number of hydrogen-bond donors (Lipinski definition) is 2. The van der Waals surface area contributed by atoms with Gasteiger partial charge in [-0.15, -0.1) is 0 Å². The van der Waals surface area contributed by atoms with E-state index in [1.165, 1.54) is 14.2 Å². The topological polar surface area (TPSA) is 67.8 Å². The van der Waals surface area contributed by atoms with Crippen molar-refractivity contribution in [3.05, 3.63) is 59.7 Å². The maximum Gasteiger partial charge on any atom is 0.251 e. The molecule has 0 bridgehead atoms. The molecule has 0 aliphatic heterocycles. The number of benzene rings is 2. The van der Waals surface area contributed by atoms with E-state index in [1.807, 2.05) is 30.3 Å². The summed E-state index contributed by atoms with van der Waals surface area (Å²) in [5, 5.41) is 13.3. The molecule has 1 amide bonds. The van der Waals surface area contributed by atoms with Crippen molar-refractivity contribution in [2.24, 2.45) is 0 Å². The molecule has 0 spiro atoms. The average Bonchev–Trinajstić information content (AvgIpc) is 2.65. The Hall–Kier alpha value is -2.53. The Kier molecular flexibility index (Phi) is 6.42. The molecule has 25 heavy (non-hydrogen) atoms. The van der Waals surface area contributed by atoms with Gasteiger partial charge < -0.3 is 19.9 Å². The molecule has 0 radical (unpaired) electrons. The zero-order valence-electron chi connectivity index (χ0n) is 14.9. The van der Waals surface area contributed by atoms with Crippen LogP contribution in [0.4, 0.5) is 0 Å². The molecule has 5 nitrogen and oxygen atoms in total. The first kappa shape index (κ1) is 18.8. The summed E-state index contributed by atoms with van der Waals surface area (Å²) in [7, 11) is 3.07. The van der Waals surface area contributed by atoms with Crippen molar-refractivity contribution in [3.8, 4) is 11.5 Å². The number of aliphatic hydroxyl groups is 1. The first-order chi connectivity index (χ1) is 11.9. The third-order valence-corrected chi connectivity index (χ3v) is 4.04. The molecule has 0 saturated heterocycles. The second-order valence-corrected chi connectivity index (χ2v) is 6.27. The van der Waals surface area contributed by atoms with Crippen molar-refractivity contribution in [3.63, 3.8) is 0 Å². The number of carbonyl (C=O) groups is 1. The van der Waals surface area contributed by atoms with Gasteiger partial charge in [0.15, 0.2) is 0 Å². The van der Waals surface area contributed by atoms with Crippen LogP contribution >= 0.6 is 0 Å². The van der Waals surface area contributed by atoms with Crippen molar-refractivity contribution in [1.29, 1.82) is 0 Å². The summed E-state index contributed by atoms with van der Waals surface area (Å²) in [4.78, 5) is 12.4. The lowest BCUT2D eigenvalue weighted by Gasteiger charge is -2.24. The van der Waals surface area contributed by atoms with E-state index >= 15 is 0 Å². The Morgan fingerprint density at radius 2 is 1.68 bits per heavy atom. The van der Waals surface area contributed by atoms with Crippen LogP contribution in [-0.2, 0) is 6.42 Å². The van der Waals surface area contributed by atoms with Crippen LogP contribution < -0.4 is 14.8 Å². The summed E-state index contributed by atoms with van der Waals surface area (Å²) >= 11 is 0. The standard InChI is InChI=1S/C20H25NO4/c1-20(23,10-9-15-7-5-4-6-8-15)14-21-19(22)16-11-17(24-2)13-18(12-16)25-3/h4-8,11-13,23H,9-10,14H2,1-3H3,(H,21,22). The number of ether oxygens (including phenoxy) is 2. The molecule has 0 aromatic heterocycles. The Morgan fingerprint density at radius 1 is 1.08 bits per heavy atom. The maximum atomic E-state index is 12.4. The van der Waals surface area contributed by atoms with Crippen LogP contribution in [0.2, 0.25) is 0 Å². The van der Waals surface area contributed by atoms with Gasteiger partial charge in [-0.1, -0.05) is 30.3 Å². The zero-order chi connectivity index (χ0) is 18.3. The van der Waals surface area contributed by atoms with Gasteiger partial charge in [0.05, 0.1) is 19.8 Å². The summed E-state index contributed by atoms with van der Waals surface area (Å²) in [5.41, 5.74) is 0.593. The van der Waals surface area contributed by atoms with Gasteiger partial charge in [-0.25, -0.2) is 0 Å². The maximum absolute atomic E-state index is 12.4. The quantitative estimate of drug-likeness (QED) is 0.773. The van der Waals surface area contributed by atoms with Gasteiger partial charge in [-0.05, 0) is 37.5 Å². The highest BCUT2D eigenvalue weighted by Crippen LogP contribution is 2.22. The van der Waals surface area contributed by atoms with E-state index in [2.05, 4.69) is 5.32 Å². The van der Waals surface area contributed by atoms with E-state index < -0.39 is 5.60 Å². The van der Waals surface area contributed by atoms with Gasteiger partial charge >= 0.3 is 0 Å². The number of carbonyl (C=O) groups excluding carboxylic acids is 1. The molecule has 134 valence electrons. The summed E-state index contributed by atoms with van der Waals surface area (Å²) in [6.07, 6.45) is 1.30. The highest BCUT2D eigenvalue weighted by molar-refractivity contribution is 5.95. The predicted octanol–water partition coefficient (Wildman–Crippen LogP) is 2.82. The number of methoxy groups -OCH3 is 2. The molecule has 0 aliphatic carbocycles. The molecule has 1 atom stereocenters. The summed E-state index contributed by atoms with van der Waals surface area (Å²) in [5.74, 6) is 0.804. The fourth-order valence-electron chi connectivity index (χ4n) is 2.46. The number of amides is 1. The highest BCUT2D eigenvalue weighted by Gasteiger charge is 2.21. The van der Waals surface area contributed by atoms with Gasteiger partial charge in [0, 0.05) is 18.2 Å². The first-order valence-corrected chi connectivity index (χ1v) is 8.21. The Bertz CT molecular complexity index is 676. The predicted molar refractivity (Wildman–Crippen MR) is 97.3 cm³/mol. The molecule has 2 aromatic carbocycles. The Morgan fingerprint density at radius 3 is 2.24 bits per heavy atom. The van der Waals surface area contributed by atoms with Crippen LogP contribution in [0.15, 0.2) is 48.5 Å². The first-order valence-electron chi connectivity index (χ1n) is 8.21. The van der Waals surface area contributed by atoms with Gasteiger partial charge in [-0.3, -0.25) is 4.79 Å². The minimum Gasteiger partial charge on any atom is -0.497 e. The van der Waals surface area contributed by atoms with E-state index in [-0.39, 0.29) is 12.5 Å². The fourth-order valence-corrected chi connectivity index (χ4v) is 2.46. The highest BCUT2D eigenvalue weighted by atomic mass is 16.5. The molecular weight excluding hydrogens is 318 g/mol. The minimum absolute atomic E-state index is 0.165. The normalized spacial score (nSPS) is 13.0. The second-order valence-electron chi connectivity index (χ2n) is 6.27. The second kappa shape index (κ2) is 8.53. The minimum atomic E-state index is -0.992. The molecule has 5 heteroatoms. The van der Waals surface area contributed by atoms with Crippen molar-refractivity contribution in [1.82, 2.24) is 5.32 Å². The third-order valence-electron chi connectivity index (χ3n) is 4.04. The number of hydrogen-bond acceptors (Lipinski definition) is 4. The molecule has 0 fully saturated rings. The molecule has 2 rings (SSSR count). The molecule has 1 unspecified atom stereocenters. The summed E-state index contributed by atoms with van der Waals surface area (Å²) < 4.78 is 10.3. The Balaban J connectivity index is 1.94. The zero-order valence-corrected chi connectivity index (χ0v) is 14.9. The van der Waals surface area contributed by atoms with Crippen molar-refractivity contribution >= 4 is 5.91 Å². The van der Waals surface area contributed by atoms with Gasteiger partial charge in [0.1, 0.15) is 11.5 Å². The van der Waals surface area contributed by atoms with Gasteiger partial charge in [-0.2, -0.15) is 0 Å². The van der Waals surface area contributed by atoms with Crippen molar-refractivity contribution < 1.29 is 19.4 Å². The lowest BCUT2D eigenvalue weighted by atomic mass is 9.96. The van der Waals surface area contributed by atoms with Crippen LogP contribution in [0.25, 0.3) is 0 Å².